The second kappa shape index (κ2) is 11.4. The molecule has 220 valence electrons. The molecule has 3 aromatic carbocycles. The number of halogens is 3. The van der Waals surface area contributed by atoms with Crippen molar-refractivity contribution in [2.45, 2.75) is 58.4 Å². The first-order valence-corrected chi connectivity index (χ1v) is 14.2. The molecule has 1 aliphatic rings. The first kappa shape index (κ1) is 29.6. The fourth-order valence-corrected chi connectivity index (χ4v) is 5.22. The third-order valence-electron chi connectivity index (χ3n) is 7.23. The fourth-order valence-electron chi connectivity index (χ4n) is 5.03. The number of fused-ring (bicyclic) bond motifs is 1. The van der Waals surface area contributed by atoms with Crippen LogP contribution in [0.2, 0.25) is 5.02 Å². The van der Waals surface area contributed by atoms with Gasteiger partial charge in [-0.1, -0.05) is 29.8 Å². The monoisotopic (exact) mass is 594 g/mol. The summed E-state index contributed by atoms with van der Waals surface area (Å²) in [5.74, 6) is -0.383. The molecular formula is C33H33ClF2N2O4. The van der Waals surface area contributed by atoms with E-state index in [0.29, 0.717) is 51.5 Å². The van der Waals surface area contributed by atoms with Gasteiger partial charge in [0, 0.05) is 40.2 Å². The standard InChI is InChI=1S/C33H33ClF2N2O4/c1-32(2,3)42-31(40)37-19-25-16-23-14-22(17-27(29(23)41-25)20-6-5-7-24(34)15-20)26-9-8-21(18-28(26)35)30(39)38-12-10-33(4,36)11-13-38/h5-9,14-18H,10-13,19H2,1-4H3,(H,37,40). The number of alkyl carbamates (subject to hydrolysis) is 1. The highest BCUT2D eigenvalue weighted by Gasteiger charge is 2.32. The Kier molecular flexibility index (Phi) is 8.03. The van der Waals surface area contributed by atoms with Crippen molar-refractivity contribution >= 4 is 34.6 Å². The van der Waals surface area contributed by atoms with Crippen LogP contribution in [-0.4, -0.2) is 41.3 Å². The quantitative estimate of drug-likeness (QED) is 0.251. The minimum Gasteiger partial charge on any atom is -0.459 e. The summed E-state index contributed by atoms with van der Waals surface area (Å²) in [4.78, 5) is 26.8. The Labute approximate surface area is 248 Å². The van der Waals surface area contributed by atoms with E-state index in [-0.39, 0.29) is 30.9 Å². The van der Waals surface area contributed by atoms with Crippen LogP contribution in [-0.2, 0) is 11.3 Å². The normalized spacial score (nSPS) is 15.1. The van der Waals surface area contributed by atoms with Crippen LogP contribution < -0.4 is 5.32 Å². The number of ether oxygens (including phenoxy) is 1. The Morgan fingerprint density at radius 2 is 1.76 bits per heavy atom. The second-order valence-electron chi connectivity index (χ2n) is 11.9. The summed E-state index contributed by atoms with van der Waals surface area (Å²) in [5.41, 5.74) is 1.19. The van der Waals surface area contributed by atoms with E-state index in [9.17, 15) is 14.0 Å². The number of hydrogen-bond acceptors (Lipinski definition) is 4. The molecule has 2 heterocycles. The summed E-state index contributed by atoms with van der Waals surface area (Å²) in [6, 6.07) is 17.1. The maximum atomic E-state index is 15.6. The summed E-state index contributed by atoms with van der Waals surface area (Å²) in [6.45, 7) is 7.56. The lowest BCUT2D eigenvalue weighted by Crippen LogP contribution is -2.43. The van der Waals surface area contributed by atoms with Gasteiger partial charge in [0.05, 0.1) is 6.54 Å². The summed E-state index contributed by atoms with van der Waals surface area (Å²) >= 11 is 6.29. The molecule has 1 N–H and O–H groups in total. The number of nitrogens with one attached hydrogen (secondary N) is 1. The molecule has 4 aromatic rings. The molecule has 5 rings (SSSR count). The zero-order valence-corrected chi connectivity index (χ0v) is 24.8. The minimum atomic E-state index is -1.29. The van der Waals surface area contributed by atoms with Crippen LogP contribution in [0, 0.1) is 5.82 Å². The lowest BCUT2D eigenvalue weighted by atomic mass is 9.94. The third kappa shape index (κ3) is 6.76. The van der Waals surface area contributed by atoms with Gasteiger partial charge in [-0.3, -0.25) is 4.79 Å². The van der Waals surface area contributed by atoms with Gasteiger partial charge in [0.2, 0.25) is 0 Å². The molecular weight excluding hydrogens is 562 g/mol. The molecule has 0 saturated carbocycles. The van der Waals surface area contributed by atoms with Crippen LogP contribution in [0.1, 0.15) is 56.7 Å². The number of likely N-dealkylation sites (tertiary alicyclic amines) is 1. The van der Waals surface area contributed by atoms with E-state index < -0.39 is 23.2 Å². The number of piperidine rings is 1. The zero-order chi connectivity index (χ0) is 30.2. The Morgan fingerprint density at radius 1 is 1.02 bits per heavy atom. The molecule has 1 aromatic heterocycles. The topological polar surface area (TPSA) is 71.8 Å². The highest BCUT2D eigenvalue weighted by atomic mass is 35.5. The number of nitrogens with zero attached hydrogens (tertiary/aromatic N) is 1. The van der Waals surface area contributed by atoms with Crippen LogP contribution >= 0.6 is 11.6 Å². The predicted octanol–water partition coefficient (Wildman–Crippen LogP) is 8.55. The van der Waals surface area contributed by atoms with E-state index in [2.05, 4.69) is 5.32 Å². The summed E-state index contributed by atoms with van der Waals surface area (Å²) in [5, 5.41) is 3.93. The SMILES string of the molecule is CC1(F)CCN(C(=O)c2ccc(-c3cc(-c4cccc(Cl)c4)c4oc(CNC(=O)OC(C)(C)C)cc4c3)c(F)c2)CC1. The van der Waals surface area contributed by atoms with Gasteiger partial charge in [-0.25, -0.2) is 13.6 Å². The summed E-state index contributed by atoms with van der Waals surface area (Å²) in [6.07, 6.45) is -0.0596. The Bertz CT molecular complexity index is 1650. The van der Waals surface area contributed by atoms with Crippen molar-refractivity contribution in [1.29, 1.82) is 0 Å². The van der Waals surface area contributed by atoms with Crippen LogP contribution in [0.15, 0.2) is 65.1 Å². The Balaban J connectivity index is 1.48. The smallest absolute Gasteiger partial charge is 0.408 e. The van der Waals surface area contributed by atoms with Gasteiger partial charge in [0.1, 0.15) is 28.4 Å². The van der Waals surface area contributed by atoms with Crippen molar-refractivity contribution in [2.75, 3.05) is 13.1 Å². The minimum absolute atomic E-state index is 0.0944. The lowest BCUT2D eigenvalue weighted by Gasteiger charge is -2.34. The molecule has 6 nitrogen and oxygen atoms in total. The van der Waals surface area contributed by atoms with E-state index in [1.165, 1.54) is 13.0 Å². The average molecular weight is 595 g/mol. The fraction of sp³-hybridized carbons (Fsp3) is 0.333. The number of carbonyl (C=O) groups excluding carboxylic acids is 2. The van der Waals surface area contributed by atoms with Crippen molar-refractivity contribution in [3.8, 4) is 22.3 Å². The van der Waals surface area contributed by atoms with Gasteiger partial charge in [-0.2, -0.15) is 0 Å². The van der Waals surface area contributed by atoms with Crippen LogP contribution in [0.25, 0.3) is 33.2 Å². The van der Waals surface area contributed by atoms with Crippen molar-refractivity contribution in [3.05, 3.63) is 82.8 Å². The highest BCUT2D eigenvalue weighted by molar-refractivity contribution is 6.30. The van der Waals surface area contributed by atoms with Crippen LogP contribution in [0.5, 0.6) is 0 Å². The molecule has 0 aliphatic carbocycles. The van der Waals surface area contributed by atoms with E-state index in [1.54, 1.807) is 62.1 Å². The largest absolute Gasteiger partial charge is 0.459 e. The number of carbonyl (C=O) groups is 2. The number of alkyl halides is 1. The Morgan fingerprint density at radius 3 is 2.43 bits per heavy atom. The first-order chi connectivity index (χ1) is 19.8. The van der Waals surface area contributed by atoms with Crippen molar-refractivity contribution in [3.63, 3.8) is 0 Å². The molecule has 0 radical (unpaired) electrons. The van der Waals surface area contributed by atoms with Gasteiger partial charge in [-0.15, -0.1) is 0 Å². The van der Waals surface area contributed by atoms with E-state index in [1.807, 2.05) is 18.2 Å². The number of rotatable bonds is 5. The van der Waals surface area contributed by atoms with E-state index in [4.69, 9.17) is 20.8 Å². The maximum Gasteiger partial charge on any atom is 0.408 e. The van der Waals surface area contributed by atoms with Gasteiger partial charge in [-0.05, 0) is 94.1 Å². The van der Waals surface area contributed by atoms with Gasteiger partial charge >= 0.3 is 6.09 Å². The van der Waals surface area contributed by atoms with Gasteiger partial charge in [0.15, 0.2) is 0 Å². The molecule has 0 atom stereocenters. The average Bonchev–Trinajstić information content (AvgIpc) is 3.33. The molecule has 1 aliphatic heterocycles. The Hall–Kier alpha value is -3.91. The van der Waals surface area contributed by atoms with Crippen molar-refractivity contribution in [1.82, 2.24) is 10.2 Å². The van der Waals surface area contributed by atoms with Crippen LogP contribution in [0.3, 0.4) is 0 Å². The van der Waals surface area contributed by atoms with E-state index in [0.717, 1.165) is 5.56 Å². The predicted molar refractivity (Wildman–Crippen MR) is 160 cm³/mol. The zero-order valence-electron chi connectivity index (χ0n) is 24.0. The van der Waals surface area contributed by atoms with E-state index >= 15 is 4.39 Å². The number of benzene rings is 3. The second-order valence-corrected chi connectivity index (χ2v) is 12.4. The van der Waals surface area contributed by atoms with Crippen molar-refractivity contribution < 1.29 is 27.5 Å². The highest BCUT2D eigenvalue weighted by Crippen LogP contribution is 2.38. The van der Waals surface area contributed by atoms with Crippen LogP contribution in [0.4, 0.5) is 13.6 Å². The van der Waals surface area contributed by atoms with Gasteiger partial charge < -0.3 is 19.4 Å². The molecule has 2 amide bonds. The molecule has 0 spiro atoms. The summed E-state index contributed by atoms with van der Waals surface area (Å²) < 4.78 is 41.3. The maximum absolute atomic E-state index is 15.6. The van der Waals surface area contributed by atoms with Gasteiger partial charge in [0.25, 0.3) is 5.91 Å². The lowest BCUT2D eigenvalue weighted by molar-refractivity contribution is 0.0498. The molecule has 0 bridgehead atoms. The number of furan rings is 1. The molecule has 1 saturated heterocycles. The number of amides is 2. The first-order valence-electron chi connectivity index (χ1n) is 13.9. The molecule has 42 heavy (non-hydrogen) atoms. The molecule has 0 unspecified atom stereocenters. The summed E-state index contributed by atoms with van der Waals surface area (Å²) in [7, 11) is 0. The molecule has 9 heteroatoms. The third-order valence-corrected chi connectivity index (χ3v) is 7.46. The molecule has 1 fully saturated rings. The van der Waals surface area contributed by atoms with Crippen molar-refractivity contribution in [2.24, 2.45) is 0 Å². The number of hydrogen-bond donors (Lipinski definition) is 1.